The van der Waals surface area contributed by atoms with Crippen LogP contribution in [0.1, 0.15) is 52.4 Å². The Balaban J connectivity index is 2.49. The molecule has 1 aliphatic heterocycles. The summed E-state index contributed by atoms with van der Waals surface area (Å²) in [6.07, 6.45) is 6.85. The second kappa shape index (κ2) is 8.73. The van der Waals surface area contributed by atoms with E-state index in [0.717, 1.165) is 32.4 Å². The quantitative estimate of drug-likeness (QED) is 0.722. The lowest BCUT2D eigenvalue weighted by Crippen LogP contribution is -2.37. The minimum atomic E-state index is -3.23. The second-order valence-electron chi connectivity index (χ2n) is 6.39. The number of hydrogen-bond acceptors (Lipinski definition) is 3. The van der Waals surface area contributed by atoms with E-state index in [1.807, 2.05) is 4.90 Å². The molecule has 1 heterocycles. The normalized spacial score (nSPS) is 17.3. The first-order valence-corrected chi connectivity index (χ1v) is 9.88. The standard InChI is InChI=1S/C15H30N2O3S/c1-14(2)8-12-17(21(3,19)20)13-9-15(18)16-10-6-4-5-7-11-16/h14H,4-13H2,1-3H3. The van der Waals surface area contributed by atoms with Crippen molar-refractivity contribution in [2.24, 2.45) is 5.92 Å². The number of carbonyl (C=O) groups excluding carboxylic acids is 1. The minimum absolute atomic E-state index is 0.0927. The van der Waals surface area contributed by atoms with E-state index < -0.39 is 10.0 Å². The van der Waals surface area contributed by atoms with Crippen LogP contribution >= 0.6 is 0 Å². The molecule has 0 aliphatic carbocycles. The number of amides is 1. The fourth-order valence-electron chi connectivity index (χ4n) is 2.54. The average molecular weight is 318 g/mol. The van der Waals surface area contributed by atoms with Gasteiger partial charge in [-0.15, -0.1) is 0 Å². The van der Waals surface area contributed by atoms with Crippen molar-refractivity contribution < 1.29 is 13.2 Å². The van der Waals surface area contributed by atoms with Gasteiger partial charge in [0.25, 0.3) is 0 Å². The molecule has 0 aromatic heterocycles. The van der Waals surface area contributed by atoms with Crippen molar-refractivity contribution >= 4 is 15.9 Å². The molecule has 0 spiro atoms. The third kappa shape index (κ3) is 7.27. The number of sulfonamides is 1. The van der Waals surface area contributed by atoms with E-state index in [-0.39, 0.29) is 5.91 Å². The van der Waals surface area contributed by atoms with Crippen LogP contribution in [0, 0.1) is 5.92 Å². The summed E-state index contributed by atoms with van der Waals surface area (Å²) < 4.78 is 25.0. The largest absolute Gasteiger partial charge is 0.343 e. The molecule has 0 N–H and O–H groups in total. The van der Waals surface area contributed by atoms with Crippen molar-refractivity contribution in [3.63, 3.8) is 0 Å². The molecule has 0 atom stereocenters. The highest BCUT2D eigenvalue weighted by Gasteiger charge is 2.21. The SMILES string of the molecule is CC(C)CCN(CCC(=O)N1CCCCCC1)S(C)(=O)=O. The Labute approximate surface area is 129 Å². The Bertz CT molecular complexity index is 413. The number of hydrogen-bond donors (Lipinski definition) is 0. The molecule has 0 radical (unpaired) electrons. The third-order valence-electron chi connectivity index (χ3n) is 3.96. The van der Waals surface area contributed by atoms with Crippen molar-refractivity contribution in [2.45, 2.75) is 52.4 Å². The van der Waals surface area contributed by atoms with Gasteiger partial charge in [0.15, 0.2) is 0 Å². The first kappa shape index (κ1) is 18.4. The van der Waals surface area contributed by atoms with E-state index in [2.05, 4.69) is 13.8 Å². The number of carbonyl (C=O) groups is 1. The third-order valence-corrected chi connectivity index (χ3v) is 5.26. The van der Waals surface area contributed by atoms with Crippen LogP contribution in [0.2, 0.25) is 0 Å². The fraction of sp³-hybridized carbons (Fsp3) is 0.933. The molecule has 0 unspecified atom stereocenters. The lowest BCUT2D eigenvalue weighted by atomic mass is 10.1. The zero-order valence-electron chi connectivity index (χ0n) is 13.7. The summed E-state index contributed by atoms with van der Waals surface area (Å²) >= 11 is 0. The van der Waals surface area contributed by atoms with Crippen LogP contribution in [0.15, 0.2) is 0 Å². The predicted octanol–water partition coefficient (Wildman–Crippen LogP) is 2.09. The maximum atomic E-state index is 12.2. The van der Waals surface area contributed by atoms with Crippen LogP contribution in [-0.2, 0) is 14.8 Å². The Morgan fingerprint density at radius 2 is 1.67 bits per heavy atom. The van der Waals surface area contributed by atoms with Crippen LogP contribution in [0.5, 0.6) is 0 Å². The summed E-state index contributed by atoms with van der Waals surface area (Å²) in [5, 5.41) is 0. The van der Waals surface area contributed by atoms with Gasteiger partial charge in [0.2, 0.25) is 15.9 Å². The van der Waals surface area contributed by atoms with Crippen molar-refractivity contribution in [1.82, 2.24) is 9.21 Å². The molecule has 124 valence electrons. The Hall–Kier alpha value is -0.620. The molecule has 0 aromatic rings. The van der Waals surface area contributed by atoms with Gasteiger partial charge in [0, 0.05) is 32.6 Å². The van der Waals surface area contributed by atoms with E-state index in [1.54, 1.807) is 0 Å². The number of nitrogens with zero attached hydrogens (tertiary/aromatic N) is 2. The van der Waals surface area contributed by atoms with E-state index >= 15 is 0 Å². The van der Waals surface area contributed by atoms with Crippen molar-refractivity contribution in [3.05, 3.63) is 0 Å². The first-order chi connectivity index (χ1) is 9.80. The summed E-state index contributed by atoms with van der Waals surface area (Å²) in [5.41, 5.74) is 0. The van der Waals surface area contributed by atoms with Gasteiger partial charge < -0.3 is 4.90 Å². The Morgan fingerprint density at radius 1 is 1.10 bits per heavy atom. The van der Waals surface area contributed by atoms with Crippen LogP contribution in [0.4, 0.5) is 0 Å². The first-order valence-electron chi connectivity index (χ1n) is 8.03. The molecule has 1 rings (SSSR count). The summed E-state index contributed by atoms with van der Waals surface area (Å²) in [6.45, 7) is 6.60. The van der Waals surface area contributed by atoms with Gasteiger partial charge in [-0.2, -0.15) is 0 Å². The van der Waals surface area contributed by atoms with E-state index in [1.165, 1.54) is 23.4 Å². The molecule has 0 bridgehead atoms. The van der Waals surface area contributed by atoms with Crippen LogP contribution in [0.25, 0.3) is 0 Å². The molecule has 0 saturated carbocycles. The smallest absolute Gasteiger partial charge is 0.223 e. The summed E-state index contributed by atoms with van der Waals surface area (Å²) in [6, 6.07) is 0. The molecule has 0 aromatic carbocycles. The van der Waals surface area contributed by atoms with E-state index in [4.69, 9.17) is 0 Å². The van der Waals surface area contributed by atoms with E-state index in [0.29, 0.717) is 25.4 Å². The Morgan fingerprint density at radius 3 is 2.14 bits per heavy atom. The predicted molar refractivity (Wildman–Crippen MR) is 85.5 cm³/mol. The van der Waals surface area contributed by atoms with Gasteiger partial charge >= 0.3 is 0 Å². The molecule has 1 fully saturated rings. The van der Waals surface area contributed by atoms with Gasteiger partial charge in [-0.05, 0) is 25.2 Å². The zero-order chi connectivity index (χ0) is 15.9. The summed E-state index contributed by atoms with van der Waals surface area (Å²) in [4.78, 5) is 14.1. The van der Waals surface area contributed by atoms with Crippen molar-refractivity contribution in [2.75, 3.05) is 32.4 Å². The van der Waals surface area contributed by atoms with E-state index in [9.17, 15) is 13.2 Å². The molecule has 1 amide bonds. The monoisotopic (exact) mass is 318 g/mol. The van der Waals surface area contributed by atoms with Crippen LogP contribution in [0.3, 0.4) is 0 Å². The van der Waals surface area contributed by atoms with Crippen molar-refractivity contribution in [3.8, 4) is 0 Å². The van der Waals surface area contributed by atoms with Gasteiger partial charge in [0.1, 0.15) is 0 Å². The Kier molecular flexibility index (Phi) is 7.66. The maximum absolute atomic E-state index is 12.2. The van der Waals surface area contributed by atoms with Gasteiger partial charge in [0.05, 0.1) is 6.26 Å². The maximum Gasteiger partial charge on any atom is 0.223 e. The highest BCUT2D eigenvalue weighted by molar-refractivity contribution is 7.88. The highest BCUT2D eigenvalue weighted by Crippen LogP contribution is 2.12. The molecule has 5 nitrogen and oxygen atoms in total. The molecular formula is C15H30N2O3S. The molecule has 21 heavy (non-hydrogen) atoms. The molecule has 6 heteroatoms. The fourth-order valence-corrected chi connectivity index (χ4v) is 3.40. The highest BCUT2D eigenvalue weighted by atomic mass is 32.2. The number of rotatable bonds is 7. The lowest BCUT2D eigenvalue weighted by Gasteiger charge is -2.24. The minimum Gasteiger partial charge on any atom is -0.343 e. The van der Waals surface area contributed by atoms with Crippen LogP contribution < -0.4 is 0 Å². The molecular weight excluding hydrogens is 288 g/mol. The molecule has 1 aliphatic rings. The molecule has 1 saturated heterocycles. The summed E-state index contributed by atoms with van der Waals surface area (Å²) in [5.74, 6) is 0.547. The average Bonchev–Trinajstić information content (AvgIpc) is 2.65. The topological polar surface area (TPSA) is 57.7 Å². The van der Waals surface area contributed by atoms with Gasteiger partial charge in [-0.1, -0.05) is 26.7 Å². The zero-order valence-corrected chi connectivity index (χ0v) is 14.5. The lowest BCUT2D eigenvalue weighted by molar-refractivity contribution is -0.131. The number of likely N-dealkylation sites (tertiary alicyclic amines) is 1. The van der Waals surface area contributed by atoms with Crippen LogP contribution in [-0.4, -0.2) is 56.0 Å². The summed E-state index contributed by atoms with van der Waals surface area (Å²) in [7, 11) is -3.23. The van der Waals surface area contributed by atoms with Gasteiger partial charge in [-0.3, -0.25) is 4.79 Å². The second-order valence-corrected chi connectivity index (χ2v) is 8.37. The van der Waals surface area contributed by atoms with Gasteiger partial charge in [-0.25, -0.2) is 12.7 Å². The van der Waals surface area contributed by atoms with Crippen molar-refractivity contribution in [1.29, 1.82) is 0 Å².